The first kappa shape index (κ1) is 18.5. The Hall–Kier alpha value is -3.29. The van der Waals surface area contributed by atoms with E-state index in [0.29, 0.717) is 45.6 Å². The van der Waals surface area contributed by atoms with E-state index < -0.39 is 5.97 Å². The van der Waals surface area contributed by atoms with Crippen molar-refractivity contribution in [3.63, 3.8) is 0 Å². The third-order valence-corrected chi connectivity index (χ3v) is 4.18. The van der Waals surface area contributed by atoms with Crippen LogP contribution < -0.4 is 28.4 Å². The molecule has 0 atom stereocenters. The number of fused-ring (bicyclic) bond motifs is 1. The molecule has 0 amide bonds. The summed E-state index contributed by atoms with van der Waals surface area (Å²) in [5.74, 6) is 1.92. The van der Waals surface area contributed by atoms with E-state index in [2.05, 4.69) is 0 Å². The Morgan fingerprint density at radius 2 is 1.48 bits per heavy atom. The molecule has 0 unspecified atom stereocenters. The number of rotatable bonds is 6. The molecule has 0 radical (unpaired) electrons. The molecule has 8 heteroatoms. The summed E-state index contributed by atoms with van der Waals surface area (Å²) in [6, 6.07) is 5.00. The number of ether oxygens (including phenoxy) is 7. The summed E-state index contributed by atoms with van der Waals surface area (Å²) in [4.78, 5) is 12.4. The second kappa shape index (κ2) is 7.53. The molecule has 1 aliphatic heterocycles. The molecular weight excluding hydrogens is 356 g/mol. The summed E-state index contributed by atoms with van der Waals surface area (Å²) in [6.07, 6.45) is 0. The zero-order valence-electron chi connectivity index (χ0n) is 15.7. The van der Waals surface area contributed by atoms with Gasteiger partial charge in [-0.15, -0.1) is 0 Å². The van der Waals surface area contributed by atoms with Gasteiger partial charge in [-0.2, -0.15) is 0 Å². The Labute approximate surface area is 156 Å². The first-order chi connectivity index (χ1) is 13.1. The molecule has 1 aliphatic rings. The van der Waals surface area contributed by atoms with E-state index in [-0.39, 0.29) is 12.4 Å². The predicted molar refractivity (Wildman–Crippen MR) is 95.5 cm³/mol. The van der Waals surface area contributed by atoms with Gasteiger partial charge in [0.25, 0.3) is 0 Å². The molecule has 2 aromatic carbocycles. The Bertz CT molecular complexity index is 849. The van der Waals surface area contributed by atoms with Gasteiger partial charge in [0.2, 0.25) is 18.3 Å². The third kappa shape index (κ3) is 3.03. The first-order valence-corrected chi connectivity index (χ1v) is 7.98. The van der Waals surface area contributed by atoms with Gasteiger partial charge in [-0.25, -0.2) is 4.79 Å². The molecule has 3 rings (SSSR count). The fourth-order valence-electron chi connectivity index (χ4n) is 2.99. The lowest BCUT2D eigenvalue weighted by molar-refractivity contribution is 0.0601. The number of methoxy groups -OCH3 is 5. The van der Waals surface area contributed by atoms with Crippen molar-refractivity contribution in [1.82, 2.24) is 0 Å². The van der Waals surface area contributed by atoms with Crippen LogP contribution in [0.3, 0.4) is 0 Å². The largest absolute Gasteiger partial charge is 0.493 e. The quantitative estimate of drug-likeness (QED) is 0.712. The fraction of sp³-hybridized carbons (Fsp3) is 0.316. The van der Waals surface area contributed by atoms with Gasteiger partial charge in [0, 0.05) is 5.56 Å². The van der Waals surface area contributed by atoms with Gasteiger partial charge in [-0.05, 0) is 23.8 Å². The van der Waals surface area contributed by atoms with Crippen molar-refractivity contribution in [1.29, 1.82) is 0 Å². The molecule has 0 N–H and O–H groups in total. The number of carbonyl (C=O) groups is 1. The van der Waals surface area contributed by atoms with E-state index in [9.17, 15) is 4.79 Å². The Morgan fingerprint density at radius 3 is 2.00 bits per heavy atom. The smallest absolute Gasteiger partial charge is 0.338 e. The molecule has 144 valence electrons. The van der Waals surface area contributed by atoms with E-state index >= 15 is 0 Å². The van der Waals surface area contributed by atoms with E-state index in [1.165, 1.54) is 35.5 Å². The number of hydrogen-bond donors (Lipinski definition) is 0. The van der Waals surface area contributed by atoms with Crippen molar-refractivity contribution < 1.29 is 38.0 Å². The molecule has 8 nitrogen and oxygen atoms in total. The molecule has 1 heterocycles. The Kier molecular flexibility index (Phi) is 5.16. The number of carbonyl (C=O) groups excluding carboxylic acids is 1. The van der Waals surface area contributed by atoms with Crippen molar-refractivity contribution in [3.05, 3.63) is 23.8 Å². The van der Waals surface area contributed by atoms with Crippen molar-refractivity contribution in [3.8, 4) is 45.6 Å². The van der Waals surface area contributed by atoms with Gasteiger partial charge >= 0.3 is 5.97 Å². The highest BCUT2D eigenvalue weighted by molar-refractivity contribution is 6.01. The Morgan fingerprint density at radius 1 is 0.852 bits per heavy atom. The van der Waals surface area contributed by atoms with Crippen molar-refractivity contribution in [2.24, 2.45) is 0 Å². The van der Waals surface area contributed by atoms with E-state index in [0.717, 1.165) is 0 Å². The monoisotopic (exact) mass is 376 g/mol. The zero-order chi connectivity index (χ0) is 19.6. The molecule has 2 aromatic rings. The summed E-state index contributed by atoms with van der Waals surface area (Å²) in [5.41, 5.74) is 1.32. The highest BCUT2D eigenvalue weighted by Crippen LogP contribution is 2.51. The lowest BCUT2D eigenvalue weighted by Gasteiger charge is -2.18. The average molecular weight is 376 g/mol. The minimum Gasteiger partial charge on any atom is -0.493 e. The van der Waals surface area contributed by atoms with Crippen molar-refractivity contribution >= 4 is 5.97 Å². The number of benzene rings is 2. The average Bonchev–Trinajstić information content (AvgIpc) is 3.18. The minimum absolute atomic E-state index is 0.0328. The maximum absolute atomic E-state index is 12.4. The number of hydrogen-bond acceptors (Lipinski definition) is 8. The topological polar surface area (TPSA) is 81.7 Å². The van der Waals surface area contributed by atoms with Crippen LogP contribution in [-0.4, -0.2) is 48.3 Å². The van der Waals surface area contributed by atoms with Crippen molar-refractivity contribution in [2.75, 3.05) is 42.3 Å². The van der Waals surface area contributed by atoms with E-state index in [1.807, 2.05) is 0 Å². The van der Waals surface area contributed by atoms with Gasteiger partial charge in [0.05, 0.1) is 41.1 Å². The summed E-state index contributed by atoms with van der Waals surface area (Å²) < 4.78 is 37.6. The summed E-state index contributed by atoms with van der Waals surface area (Å²) in [7, 11) is 7.33. The molecule has 0 spiro atoms. The zero-order valence-corrected chi connectivity index (χ0v) is 15.7. The van der Waals surface area contributed by atoms with Crippen molar-refractivity contribution in [2.45, 2.75) is 0 Å². The molecule has 0 saturated heterocycles. The van der Waals surface area contributed by atoms with Gasteiger partial charge in [-0.3, -0.25) is 0 Å². The molecule has 27 heavy (non-hydrogen) atoms. The highest BCUT2D eigenvalue weighted by Gasteiger charge is 2.30. The lowest BCUT2D eigenvalue weighted by atomic mass is 9.96. The lowest BCUT2D eigenvalue weighted by Crippen LogP contribution is -2.06. The minimum atomic E-state index is -0.546. The van der Waals surface area contributed by atoms with Crippen LogP contribution in [0.2, 0.25) is 0 Å². The second-order valence-corrected chi connectivity index (χ2v) is 5.47. The summed E-state index contributed by atoms with van der Waals surface area (Å²) in [5, 5.41) is 0. The van der Waals surface area contributed by atoms with Crippen LogP contribution >= 0.6 is 0 Å². The summed E-state index contributed by atoms with van der Waals surface area (Å²) >= 11 is 0. The SMILES string of the molecule is COC(=O)c1cc2c(c(OC)c1-c1cc(OC)c(OC)c(OC)c1)OCO2. The molecule has 0 aromatic heterocycles. The summed E-state index contributed by atoms with van der Waals surface area (Å²) in [6.45, 7) is 0.0328. The molecule has 0 bridgehead atoms. The molecule has 0 saturated carbocycles. The van der Waals surface area contributed by atoms with Crippen LogP contribution in [0.1, 0.15) is 10.4 Å². The second-order valence-electron chi connectivity index (χ2n) is 5.47. The maximum atomic E-state index is 12.4. The van der Waals surface area contributed by atoms with Crippen LogP contribution in [0, 0.1) is 0 Å². The van der Waals surface area contributed by atoms with Gasteiger partial charge in [-0.1, -0.05) is 0 Å². The van der Waals surface area contributed by atoms with Gasteiger partial charge in [0.1, 0.15) is 0 Å². The van der Waals surface area contributed by atoms with Gasteiger partial charge < -0.3 is 33.2 Å². The molecule has 0 aliphatic carbocycles. The van der Waals surface area contributed by atoms with Crippen LogP contribution in [0.15, 0.2) is 18.2 Å². The molecule has 0 fully saturated rings. The van der Waals surface area contributed by atoms with E-state index in [4.69, 9.17) is 33.2 Å². The Balaban J connectivity index is 2.35. The van der Waals surface area contributed by atoms with Crippen LogP contribution in [0.25, 0.3) is 11.1 Å². The van der Waals surface area contributed by atoms with Gasteiger partial charge in [0.15, 0.2) is 23.0 Å². The third-order valence-electron chi connectivity index (χ3n) is 4.18. The normalized spacial score (nSPS) is 11.7. The van der Waals surface area contributed by atoms with Crippen LogP contribution in [0.5, 0.6) is 34.5 Å². The van der Waals surface area contributed by atoms with Crippen LogP contribution in [-0.2, 0) is 4.74 Å². The molecular formula is C19H20O8. The highest BCUT2D eigenvalue weighted by atomic mass is 16.7. The van der Waals surface area contributed by atoms with E-state index in [1.54, 1.807) is 18.2 Å². The standard InChI is InChI=1S/C19H20O8/c1-21-12-6-10(7-13(22-2)16(12)23-3)15-11(19(20)25-5)8-14-17(18(15)24-4)27-9-26-14/h6-8H,9H2,1-5H3. The first-order valence-electron chi connectivity index (χ1n) is 7.98. The maximum Gasteiger partial charge on any atom is 0.338 e. The fourth-order valence-corrected chi connectivity index (χ4v) is 2.99. The van der Waals surface area contributed by atoms with Crippen LogP contribution in [0.4, 0.5) is 0 Å². The predicted octanol–water partition coefficient (Wildman–Crippen LogP) is 2.90. The number of esters is 1.